The fraction of sp³-hybridized carbons (Fsp3) is 0.500. The van der Waals surface area contributed by atoms with E-state index < -0.39 is 0 Å². The van der Waals surface area contributed by atoms with Crippen molar-refractivity contribution in [1.29, 1.82) is 0 Å². The molecule has 6 heteroatoms. The normalized spacial score (nSPS) is 24.7. The first-order chi connectivity index (χ1) is 16.4. The molecule has 2 aromatic rings. The van der Waals surface area contributed by atoms with Crippen LogP contribution in [0.5, 0.6) is 5.75 Å². The molecule has 3 amide bonds. The number of benzene rings is 2. The second-order valence-electron chi connectivity index (χ2n) is 10.2. The lowest BCUT2D eigenvalue weighted by atomic mass is 9.76. The third kappa shape index (κ3) is 4.26. The van der Waals surface area contributed by atoms with Crippen molar-refractivity contribution in [3.05, 3.63) is 65.2 Å². The Morgan fingerprint density at radius 2 is 1.91 bits per heavy atom. The molecule has 6 nitrogen and oxygen atoms in total. The van der Waals surface area contributed by atoms with Gasteiger partial charge in [-0.3, -0.25) is 4.79 Å². The summed E-state index contributed by atoms with van der Waals surface area (Å²) in [6.07, 6.45) is 3.55. The first-order valence-electron chi connectivity index (χ1n) is 12.6. The average Bonchev–Trinajstić information content (AvgIpc) is 2.83. The number of nitrogens with zero attached hydrogens (tertiary/aromatic N) is 2. The van der Waals surface area contributed by atoms with Crippen molar-refractivity contribution in [2.75, 3.05) is 13.1 Å². The molecule has 2 aromatic carbocycles. The molecule has 0 bridgehead atoms. The molecule has 34 heavy (non-hydrogen) atoms. The standard InChI is InChI=1S/C28H35N3O3/c1-18(2)34-22-10-6-9-21(16-22)19(3)29-28(33)31-14-7-12-24-26(31)17-25-23-11-5-4-8-20(23)13-15-30(25)27(24)32/h4-6,8-11,16,18-19,24-26H,7,12-15,17H2,1-3H3,(H,29,33)/t19-,24+,25-,26+/m1/s1. The molecule has 0 radical (unpaired) electrons. The van der Waals surface area contributed by atoms with Gasteiger partial charge >= 0.3 is 6.03 Å². The van der Waals surface area contributed by atoms with Crippen LogP contribution in [0.3, 0.4) is 0 Å². The molecule has 3 aliphatic rings. The van der Waals surface area contributed by atoms with Crippen molar-refractivity contribution in [2.45, 2.75) is 70.7 Å². The summed E-state index contributed by atoms with van der Waals surface area (Å²) in [5.41, 5.74) is 3.59. The third-order valence-corrected chi connectivity index (χ3v) is 7.59. The minimum absolute atomic E-state index is 0.0588. The highest BCUT2D eigenvalue weighted by atomic mass is 16.5. The van der Waals surface area contributed by atoms with E-state index in [9.17, 15) is 9.59 Å². The number of likely N-dealkylation sites (tertiary alicyclic amines) is 1. The Balaban J connectivity index is 1.33. The first kappa shape index (κ1) is 22.8. The molecule has 2 saturated heterocycles. The van der Waals surface area contributed by atoms with Crippen LogP contribution in [0, 0.1) is 5.92 Å². The highest BCUT2D eigenvalue weighted by Crippen LogP contribution is 2.43. The summed E-state index contributed by atoms with van der Waals surface area (Å²) < 4.78 is 5.82. The largest absolute Gasteiger partial charge is 0.491 e. The van der Waals surface area contributed by atoms with Crippen LogP contribution >= 0.6 is 0 Å². The Labute approximate surface area is 202 Å². The minimum Gasteiger partial charge on any atom is -0.491 e. The molecule has 0 aliphatic carbocycles. The Kier molecular flexibility index (Phi) is 6.24. The molecule has 0 unspecified atom stereocenters. The number of piperidine rings is 2. The molecule has 0 spiro atoms. The molecule has 180 valence electrons. The number of rotatable bonds is 4. The number of nitrogens with one attached hydrogen (secondary N) is 1. The molecule has 2 fully saturated rings. The Morgan fingerprint density at radius 1 is 1.09 bits per heavy atom. The van der Waals surface area contributed by atoms with Crippen LogP contribution in [-0.2, 0) is 11.2 Å². The Bertz CT molecular complexity index is 1070. The van der Waals surface area contributed by atoms with E-state index in [-0.39, 0.29) is 42.1 Å². The molecule has 1 N–H and O–H groups in total. The number of ether oxygens (including phenoxy) is 1. The minimum atomic E-state index is -0.158. The Morgan fingerprint density at radius 3 is 2.74 bits per heavy atom. The fourth-order valence-electron chi connectivity index (χ4n) is 5.98. The van der Waals surface area contributed by atoms with E-state index in [1.807, 2.05) is 49.9 Å². The Hall–Kier alpha value is -3.02. The summed E-state index contributed by atoms with van der Waals surface area (Å²) in [5, 5.41) is 3.19. The van der Waals surface area contributed by atoms with Crippen molar-refractivity contribution in [1.82, 2.24) is 15.1 Å². The SMILES string of the molecule is CC(C)Oc1cccc([C@@H](C)NC(=O)N2CCC[C@@H]3C(=O)N4CCc5ccccc5[C@H]4C[C@@H]32)c1. The van der Waals surface area contributed by atoms with Gasteiger partial charge in [0.15, 0.2) is 0 Å². The summed E-state index contributed by atoms with van der Waals surface area (Å²) in [4.78, 5) is 31.0. The molecule has 5 rings (SSSR count). The van der Waals surface area contributed by atoms with Gasteiger partial charge in [-0.15, -0.1) is 0 Å². The van der Waals surface area contributed by atoms with E-state index in [2.05, 4.69) is 34.5 Å². The van der Waals surface area contributed by atoms with Crippen molar-refractivity contribution >= 4 is 11.9 Å². The summed E-state index contributed by atoms with van der Waals surface area (Å²) >= 11 is 0. The predicted molar refractivity (Wildman–Crippen MR) is 132 cm³/mol. The summed E-state index contributed by atoms with van der Waals surface area (Å²) in [6, 6.07) is 16.1. The molecule has 0 saturated carbocycles. The van der Waals surface area contributed by atoms with Gasteiger partial charge in [-0.1, -0.05) is 36.4 Å². The van der Waals surface area contributed by atoms with Gasteiger partial charge in [0.2, 0.25) is 5.91 Å². The van der Waals surface area contributed by atoms with Gasteiger partial charge in [-0.2, -0.15) is 0 Å². The van der Waals surface area contributed by atoms with Gasteiger partial charge in [0.25, 0.3) is 0 Å². The quantitative estimate of drug-likeness (QED) is 0.708. The lowest BCUT2D eigenvalue weighted by molar-refractivity contribution is -0.148. The highest BCUT2D eigenvalue weighted by Gasteiger charge is 2.48. The van der Waals surface area contributed by atoms with Crippen molar-refractivity contribution in [3.63, 3.8) is 0 Å². The van der Waals surface area contributed by atoms with E-state index in [4.69, 9.17) is 4.74 Å². The van der Waals surface area contributed by atoms with Crippen molar-refractivity contribution in [2.24, 2.45) is 5.92 Å². The van der Waals surface area contributed by atoms with E-state index in [0.29, 0.717) is 6.54 Å². The maximum atomic E-state index is 13.5. The monoisotopic (exact) mass is 461 g/mol. The second kappa shape index (κ2) is 9.32. The van der Waals surface area contributed by atoms with Gasteiger partial charge in [-0.25, -0.2) is 4.79 Å². The zero-order valence-electron chi connectivity index (χ0n) is 20.4. The number of hydrogen-bond acceptors (Lipinski definition) is 3. The van der Waals surface area contributed by atoms with Gasteiger partial charge in [0.1, 0.15) is 5.75 Å². The number of hydrogen-bond donors (Lipinski definition) is 1. The zero-order chi connectivity index (χ0) is 23.8. The van der Waals surface area contributed by atoms with E-state index in [0.717, 1.165) is 43.5 Å². The lowest BCUT2D eigenvalue weighted by Crippen LogP contribution is -2.61. The topological polar surface area (TPSA) is 61.9 Å². The van der Waals surface area contributed by atoms with Crippen LogP contribution in [-0.4, -0.2) is 47.0 Å². The zero-order valence-corrected chi connectivity index (χ0v) is 20.4. The first-order valence-corrected chi connectivity index (χ1v) is 12.6. The van der Waals surface area contributed by atoms with Crippen LogP contribution in [0.15, 0.2) is 48.5 Å². The van der Waals surface area contributed by atoms with Crippen LogP contribution in [0.2, 0.25) is 0 Å². The average molecular weight is 462 g/mol. The third-order valence-electron chi connectivity index (χ3n) is 7.59. The number of carbonyl (C=O) groups is 2. The number of amides is 3. The summed E-state index contributed by atoms with van der Waals surface area (Å²) in [6.45, 7) is 7.47. The maximum Gasteiger partial charge on any atom is 0.318 e. The predicted octanol–water partition coefficient (Wildman–Crippen LogP) is 4.85. The number of urea groups is 1. The maximum absolute atomic E-state index is 13.5. The molecular formula is C28H35N3O3. The van der Waals surface area contributed by atoms with Gasteiger partial charge in [-0.05, 0) is 75.3 Å². The van der Waals surface area contributed by atoms with Crippen molar-refractivity contribution in [3.8, 4) is 5.75 Å². The van der Waals surface area contributed by atoms with Crippen molar-refractivity contribution < 1.29 is 14.3 Å². The second-order valence-corrected chi connectivity index (χ2v) is 10.2. The van der Waals surface area contributed by atoms with Gasteiger partial charge < -0.3 is 19.9 Å². The lowest BCUT2D eigenvalue weighted by Gasteiger charge is -2.51. The highest BCUT2D eigenvalue weighted by molar-refractivity contribution is 5.83. The fourth-order valence-corrected chi connectivity index (χ4v) is 5.98. The molecule has 3 heterocycles. The van der Waals surface area contributed by atoms with Crippen LogP contribution < -0.4 is 10.1 Å². The number of fused-ring (bicyclic) bond motifs is 4. The van der Waals surface area contributed by atoms with E-state index in [1.165, 1.54) is 11.1 Å². The molecule has 4 atom stereocenters. The van der Waals surface area contributed by atoms with E-state index in [1.54, 1.807) is 0 Å². The van der Waals surface area contributed by atoms with Crippen LogP contribution in [0.1, 0.15) is 68.8 Å². The molecular weight excluding hydrogens is 426 g/mol. The van der Waals surface area contributed by atoms with E-state index >= 15 is 0 Å². The summed E-state index contributed by atoms with van der Waals surface area (Å²) in [7, 11) is 0. The van der Waals surface area contributed by atoms with Gasteiger partial charge in [0, 0.05) is 19.1 Å². The molecule has 0 aromatic heterocycles. The van der Waals surface area contributed by atoms with Crippen LogP contribution in [0.25, 0.3) is 0 Å². The number of carbonyl (C=O) groups excluding carboxylic acids is 2. The van der Waals surface area contributed by atoms with Crippen LogP contribution in [0.4, 0.5) is 4.79 Å². The molecule has 3 aliphatic heterocycles. The van der Waals surface area contributed by atoms with Gasteiger partial charge in [0.05, 0.1) is 24.1 Å². The summed E-state index contributed by atoms with van der Waals surface area (Å²) in [5.74, 6) is 0.930. The smallest absolute Gasteiger partial charge is 0.318 e.